The highest BCUT2D eigenvalue weighted by Crippen LogP contribution is 2.43. The first kappa shape index (κ1) is 21.9. The molecule has 0 saturated carbocycles. The topological polar surface area (TPSA) is 35.4 Å². The number of thiophene rings is 1. The van der Waals surface area contributed by atoms with Crippen LogP contribution in [0.2, 0.25) is 5.02 Å². The van der Waals surface area contributed by atoms with Crippen LogP contribution in [0.5, 0.6) is 0 Å². The lowest BCUT2D eigenvalue weighted by Gasteiger charge is -2.18. The molecule has 0 amide bonds. The van der Waals surface area contributed by atoms with Gasteiger partial charge in [0.1, 0.15) is 11.2 Å². The van der Waals surface area contributed by atoms with Gasteiger partial charge in [0.05, 0.1) is 32.8 Å². The van der Waals surface area contributed by atoms with Gasteiger partial charge in [0.15, 0.2) is 0 Å². The molecule has 0 aliphatic rings. The van der Waals surface area contributed by atoms with E-state index in [0.717, 1.165) is 71.3 Å². The van der Waals surface area contributed by atoms with Gasteiger partial charge in [0.2, 0.25) is 5.78 Å². The number of para-hydroxylation sites is 1. The summed E-state index contributed by atoms with van der Waals surface area (Å²) >= 11 is 9.14. The fraction of sp³-hybridized carbons (Fsp3) is 0. The highest BCUT2D eigenvalue weighted by atomic mass is 35.5. The maximum atomic E-state index is 7.37. The van der Waals surface area contributed by atoms with E-state index >= 15 is 0 Å². The number of halogens is 1. The van der Waals surface area contributed by atoms with Gasteiger partial charge in [-0.3, -0.25) is 8.97 Å². The second kappa shape index (κ2) is 7.67. The minimum atomic E-state index is 0.731. The van der Waals surface area contributed by atoms with Gasteiger partial charge in [-0.05, 0) is 47.9 Å². The van der Waals surface area contributed by atoms with Gasteiger partial charge in [-0.2, -0.15) is 0 Å². The molecule has 6 aromatic carbocycles. The van der Waals surface area contributed by atoms with Crippen molar-refractivity contribution in [1.29, 1.82) is 0 Å². The standard InChI is InChI=1S/C35H18ClN3OS/c36-34-26(15-16-31-33(34)21-10-2-4-14-30(21)41-31)38-24-11-5-7-19-8-6-12-25(32(19)24)39-27-18-29-22(17-23(27)37-35(38)39)20-9-1-3-13-28(20)40-29/h1-18H. The molecular weight excluding hydrogens is 546 g/mol. The Labute approximate surface area is 241 Å². The molecule has 0 fully saturated rings. The zero-order valence-corrected chi connectivity index (χ0v) is 23.0. The fourth-order valence-electron chi connectivity index (χ4n) is 6.63. The zero-order valence-electron chi connectivity index (χ0n) is 21.4. The van der Waals surface area contributed by atoms with Crippen molar-refractivity contribution in [3.63, 3.8) is 0 Å². The zero-order chi connectivity index (χ0) is 26.8. The van der Waals surface area contributed by atoms with Crippen molar-refractivity contribution >= 4 is 104 Å². The van der Waals surface area contributed by atoms with Gasteiger partial charge in [-0.25, -0.2) is 4.98 Å². The van der Waals surface area contributed by atoms with Crippen LogP contribution in [0, 0.1) is 0 Å². The summed E-state index contributed by atoms with van der Waals surface area (Å²) in [6.45, 7) is 0. The van der Waals surface area contributed by atoms with E-state index in [2.05, 4.69) is 100.0 Å². The molecule has 6 heteroatoms. The van der Waals surface area contributed by atoms with E-state index in [-0.39, 0.29) is 0 Å². The number of rotatable bonds is 1. The first-order valence-corrected chi connectivity index (χ1v) is 14.7. The molecule has 4 nitrogen and oxygen atoms in total. The lowest BCUT2D eigenvalue weighted by atomic mass is 10.1. The Morgan fingerprint density at radius 1 is 0.634 bits per heavy atom. The molecule has 0 atom stereocenters. The third-order valence-electron chi connectivity index (χ3n) is 8.38. The van der Waals surface area contributed by atoms with E-state index in [9.17, 15) is 0 Å². The van der Waals surface area contributed by atoms with Crippen molar-refractivity contribution in [2.24, 2.45) is 0 Å². The minimum absolute atomic E-state index is 0.731. The van der Waals surface area contributed by atoms with Crippen LogP contribution in [0.1, 0.15) is 0 Å². The van der Waals surface area contributed by atoms with Crippen molar-refractivity contribution in [1.82, 2.24) is 14.0 Å². The van der Waals surface area contributed by atoms with Crippen molar-refractivity contribution in [3.05, 3.63) is 114 Å². The number of hydrogen-bond acceptors (Lipinski definition) is 3. The van der Waals surface area contributed by atoms with Crippen LogP contribution >= 0.6 is 22.9 Å². The SMILES string of the molecule is Clc1c(-n2c3cccc4cccc(c43)n3c4cc5oc6ccccc6c5cc4nc23)ccc2sc3ccccc3c12. The summed E-state index contributed by atoms with van der Waals surface area (Å²) in [5.74, 6) is 0.809. The van der Waals surface area contributed by atoms with Crippen LogP contribution < -0.4 is 0 Å². The molecule has 0 aliphatic carbocycles. The number of nitrogens with zero attached hydrogens (tertiary/aromatic N) is 3. The van der Waals surface area contributed by atoms with E-state index in [1.807, 2.05) is 18.2 Å². The Hall–Kier alpha value is -4.84. The van der Waals surface area contributed by atoms with E-state index in [1.54, 1.807) is 11.3 Å². The van der Waals surface area contributed by atoms with Crippen molar-refractivity contribution in [3.8, 4) is 5.69 Å². The number of fused-ring (bicyclic) bond motifs is 10. The molecule has 0 spiro atoms. The molecule has 10 aromatic rings. The third kappa shape index (κ3) is 2.77. The summed E-state index contributed by atoms with van der Waals surface area (Å²) in [4.78, 5) is 5.30. The molecule has 0 unspecified atom stereocenters. The van der Waals surface area contributed by atoms with Crippen molar-refractivity contribution in [2.75, 3.05) is 0 Å². The predicted octanol–water partition coefficient (Wildman–Crippen LogP) is 10.5. The lowest BCUT2D eigenvalue weighted by molar-refractivity contribution is 0.669. The summed E-state index contributed by atoms with van der Waals surface area (Å²) in [5, 5.41) is 7.48. The average molecular weight is 564 g/mol. The van der Waals surface area contributed by atoms with E-state index in [4.69, 9.17) is 21.0 Å². The first-order valence-electron chi connectivity index (χ1n) is 13.5. The predicted molar refractivity (Wildman–Crippen MR) is 172 cm³/mol. The summed E-state index contributed by atoms with van der Waals surface area (Å²) < 4.78 is 13.2. The van der Waals surface area contributed by atoms with E-state index in [1.165, 1.54) is 20.2 Å². The van der Waals surface area contributed by atoms with Crippen molar-refractivity contribution in [2.45, 2.75) is 0 Å². The molecule has 0 aliphatic heterocycles. The second-order valence-corrected chi connectivity index (χ2v) is 12.0. The molecule has 4 aromatic heterocycles. The Morgan fingerprint density at radius 2 is 1.44 bits per heavy atom. The highest BCUT2D eigenvalue weighted by molar-refractivity contribution is 7.26. The quantitative estimate of drug-likeness (QED) is 0.199. The van der Waals surface area contributed by atoms with Gasteiger partial charge < -0.3 is 4.42 Å². The van der Waals surface area contributed by atoms with Gasteiger partial charge in [0.25, 0.3) is 0 Å². The normalized spacial score (nSPS) is 12.5. The highest BCUT2D eigenvalue weighted by Gasteiger charge is 2.22. The van der Waals surface area contributed by atoms with Crippen molar-refractivity contribution < 1.29 is 4.42 Å². The van der Waals surface area contributed by atoms with Crippen LogP contribution in [-0.2, 0) is 0 Å². The average Bonchev–Trinajstić information content (AvgIpc) is 3.68. The van der Waals surface area contributed by atoms with Crippen LogP contribution in [0.3, 0.4) is 0 Å². The number of aromatic nitrogens is 3. The van der Waals surface area contributed by atoms with Crippen LogP contribution in [0.25, 0.3) is 86.4 Å². The second-order valence-electron chi connectivity index (χ2n) is 10.5. The molecule has 0 saturated heterocycles. The number of hydrogen-bond donors (Lipinski definition) is 0. The Bertz CT molecular complexity index is 2720. The number of imidazole rings is 1. The summed E-state index contributed by atoms with van der Waals surface area (Å²) in [7, 11) is 0. The molecule has 0 bridgehead atoms. The smallest absolute Gasteiger partial charge is 0.220 e. The maximum Gasteiger partial charge on any atom is 0.220 e. The largest absolute Gasteiger partial charge is 0.456 e. The van der Waals surface area contributed by atoms with E-state index in [0.29, 0.717) is 0 Å². The van der Waals surface area contributed by atoms with Crippen LogP contribution in [-0.4, -0.2) is 14.0 Å². The Kier molecular flexibility index (Phi) is 4.10. The van der Waals surface area contributed by atoms with E-state index < -0.39 is 0 Å². The van der Waals surface area contributed by atoms with Gasteiger partial charge in [-0.1, -0.05) is 72.3 Å². The summed E-state index contributed by atoms with van der Waals surface area (Å²) in [6, 6.07) is 38.1. The molecule has 4 heterocycles. The molecule has 41 heavy (non-hydrogen) atoms. The fourth-order valence-corrected chi connectivity index (χ4v) is 8.15. The first-order chi connectivity index (χ1) is 20.2. The Balaban J connectivity index is 1.43. The summed E-state index contributed by atoms with van der Waals surface area (Å²) in [6.07, 6.45) is 0. The van der Waals surface area contributed by atoms with Crippen LogP contribution in [0.4, 0.5) is 0 Å². The monoisotopic (exact) mass is 563 g/mol. The number of benzene rings is 6. The molecule has 0 radical (unpaired) electrons. The number of furan rings is 1. The molecule has 0 N–H and O–H groups in total. The van der Waals surface area contributed by atoms with Gasteiger partial charge >= 0.3 is 0 Å². The minimum Gasteiger partial charge on any atom is -0.456 e. The third-order valence-corrected chi connectivity index (χ3v) is 9.90. The molecule has 10 rings (SSSR count). The van der Waals surface area contributed by atoms with Crippen LogP contribution in [0.15, 0.2) is 114 Å². The molecule has 192 valence electrons. The Morgan fingerprint density at radius 3 is 2.34 bits per heavy atom. The lowest BCUT2D eigenvalue weighted by Crippen LogP contribution is -2.06. The maximum absolute atomic E-state index is 7.37. The molecular formula is C35H18ClN3OS. The summed E-state index contributed by atoms with van der Waals surface area (Å²) in [5.41, 5.74) is 6.71. The van der Waals surface area contributed by atoms with Gasteiger partial charge in [-0.15, -0.1) is 11.3 Å². The van der Waals surface area contributed by atoms with Gasteiger partial charge in [0, 0.05) is 42.4 Å².